The monoisotopic (exact) mass is 392 g/mol. The highest BCUT2D eigenvalue weighted by atomic mass is 32.1. The molecule has 0 atom stereocenters. The molecule has 0 saturated carbocycles. The zero-order valence-electron chi connectivity index (χ0n) is 15.9. The van der Waals surface area contributed by atoms with Crippen LogP contribution in [-0.2, 0) is 0 Å². The van der Waals surface area contributed by atoms with Crippen molar-refractivity contribution in [2.45, 2.75) is 20.3 Å². The van der Waals surface area contributed by atoms with E-state index in [-0.39, 0.29) is 5.91 Å². The predicted molar refractivity (Wildman–Crippen MR) is 115 cm³/mol. The molecular weight excluding hydrogens is 372 g/mol. The van der Waals surface area contributed by atoms with Gasteiger partial charge in [-0.1, -0.05) is 36.5 Å². The lowest BCUT2D eigenvalue weighted by molar-refractivity contribution is 0.0947. The predicted octanol–water partition coefficient (Wildman–Crippen LogP) is 5.15. The summed E-state index contributed by atoms with van der Waals surface area (Å²) in [7, 11) is 1.65. The summed E-state index contributed by atoms with van der Waals surface area (Å²) in [5.74, 6) is 0.781. The van der Waals surface area contributed by atoms with Crippen LogP contribution in [-0.4, -0.2) is 28.3 Å². The first-order valence-corrected chi connectivity index (χ1v) is 9.82. The highest BCUT2D eigenvalue weighted by Crippen LogP contribution is 2.34. The Hall–Kier alpha value is -3.19. The Labute approximate surface area is 166 Å². The van der Waals surface area contributed by atoms with Crippen molar-refractivity contribution in [3.8, 4) is 5.75 Å². The molecule has 2 heterocycles. The van der Waals surface area contributed by atoms with Gasteiger partial charge in [0.05, 0.1) is 18.3 Å². The molecule has 0 saturated heterocycles. The van der Waals surface area contributed by atoms with Crippen molar-refractivity contribution in [1.29, 1.82) is 0 Å². The number of benzene rings is 2. The Morgan fingerprint density at radius 1 is 1.21 bits per heavy atom. The van der Waals surface area contributed by atoms with E-state index in [1.54, 1.807) is 18.6 Å². The fourth-order valence-corrected chi connectivity index (χ4v) is 4.21. The molecule has 2 aromatic heterocycles. The summed E-state index contributed by atoms with van der Waals surface area (Å²) in [5, 5.41) is 6.17. The molecule has 28 heavy (non-hydrogen) atoms. The Morgan fingerprint density at radius 2 is 1.96 bits per heavy atom. The fourth-order valence-electron chi connectivity index (χ4n) is 3.22. The molecule has 4 rings (SSSR count). The summed E-state index contributed by atoms with van der Waals surface area (Å²) < 4.78 is 6.92. The summed E-state index contributed by atoms with van der Waals surface area (Å²) in [6.07, 6.45) is 0.771. The van der Waals surface area contributed by atoms with Gasteiger partial charge in [0.25, 0.3) is 0 Å². The number of fused-ring (bicyclic) bond motifs is 3. The van der Waals surface area contributed by atoms with Crippen LogP contribution in [0.25, 0.3) is 21.3 Å². The van der Waals surface area contributed by atoms with E-state index in [0.29, 0.717) is 5.13 Å². The Morgan fingerprint density at radius 3 is 2.64 bits per heavy atom. The van der Waals surface area contributed by atoms with Gasteiger partial charge in [-0.25, -0.2) is 4.98 Å². The molecule has 0 aliphatic rings. The molecule has 4 aromatic rings. The van der Waals surface area contributed by atoms with E-state index in [1.807, 2.05) is 48.5 Å². The maximum Gasteiger partial charge on any atom is 0.229 e. The quantitative estimate of drug-likeness (QED) is 0.377. The van der Waals surface area contributed by atoms with Crippen LogP contribution in [0.2, 0.25) is 0 Å². The molecule has 1 N–H and O–H groups in total. The molecule has 0 amide bonds. The third kappa shape index (κ3) is 3.14. The van der Waals surface area contributed by atoms with Crippen molar-refractivity contribution < 1.29 is 9.53 Å². The zero-order valence-corrected chi connectivity index (χ0v) is 16.7. The van der Waals surface area contributed by atoms with Gasteiger partial charge in [0, 0.05) is 12.3 Å². The maximum absolute atomic E-state index is 12.2. The Balaban J connectivity index is 1.70. The van der Waals surface area contributed by atoms with E-state index in [2.05, 4.69) is 22.4 Å². The zero-order chi connectivity index (χ0) is 19.7. The number of anilines is 1. The SMILES string of the molecule is CC/C(=N/Nc1nc2c3ccccc3n(C(C)=O)c2s1)c1ccc(OC)cc1. The van der Waals surface area contributed by atoms with Gasteiger partial charge in [0.15, 0.2) is 0 Å². The van der Waals surface area contributed by atoms with Crippen molar-refractivity contribution >= 4 is 49.3 Å². The number of nitrogens with one attached hydrogen (secondary N) is 1. The summed E-state index contributed by atoms with van der Waals surface area (Å²) in [6, 6.07) is 15.6. The Bertz CT molecular complexity index is 1190. The number of hydrogen-bond donors (Lipinski definition) is 1. The number of ether oxygens (including phenoxy) is 1. The van der Waals surface area contributed by atoms with Gasteiger partial charge >= 0.3 is 0 Å². The van der Waals surface area contributed by atoms with Gasteiger partial charge in [-0.05, 0) is 42.3 Å². The van der Waals surface area contributed by atoms with Crippen LogP contribution in [0, 0.1) is 0 Å². The second kappa shape index (κ2) is 7.44. The number of methoxy groups -OCH3 is 1. The molecule has 0 unspecified atom stereocenters. The van der Waals surface area contributed by atoms with Gasteiger partial charge < -0.3 is 4.74 Å². The lowest BCUT2D eigenvalue weighted by Gasteiger charge is -2.06. The summed E-state index contributed by atoms with van der Waals surface area (Å²) in [5.41, 5.74) is 6.71. The highest BCUT2D eigenvalue weighted by molar-refractivity contribution is 7.22. The summed E-state index contributed by atoms with van der Waals surface area (Å²) in [4.78, 5) is 17.7. The lowest BCUT2D eigenvalue weighted by atomic mass is 10.1. The smallest absolute Gasteiger partial charge is 0.229 e. The van der Waals surface area contributed by atoms with Crippen LogP contribution in [0.3, 0.4) is 0 Å². The number of rotatable bonds is 5. The average molecular weight is 392 g/mol. The fraction of sp³-hybridized carbons (Fsp3) is 0.190. The second-order valence-corrected chi connectivity index (χ2v) is 7.27. The molecule has 0 aliphatic carbocycles. The van der Waals surface area contributed by atoms with Crippen LogP contribution >= 0.6 is 11.3 Å². The van der Waals surface area contributed by atoms with Crippen molar-refractivity contribution in [3.63, 3.8) is 0 Å². The normalized spacial score (nSPS) is 11.9. The molecule has 7 heteroatoms. The number of carbonyl (C=O) groups excluding carboxylic acids is 1. The van der Waals surface area contributed by atoms with E-state index in [0.717, 1.165) is 44.7 Å². The minimum Gasteiger partial charge on any atom is -0.497 e. The second-order valence-electron chi connectivity index (χ2n) is 6.30. The molecule has 0 aliphatic heterocycles. The number of aromatic nitrogens is 2. The van der Waals surface area contributed by atoms with E-state index in [1.165, 1.54) is 11.3 Å². The van der Waals surface area contributed by atoms with Crippen LogP contribution in [0.1, 0.15) is 30.6 Å². The van der Waals surface area contributed by atoms with Crippen LogP contribution in [0.15, 0.2) is 53.6 Å². The Kier molecular flexibility index (Phi) is 4.83. The topological polar surface area (TPSA) is 68.5 Å². The molecule has 0 fully saturated rings. The first-order chi connectivity index (χ1) is 13.6. The van der Waals surface area contributed by atoms with Crippen LogP contribution < -0.4 is 10.2 Å². The number of nitrogens with zero attached hydrogens (tertiary/aromatic N) is 3. The first-order valence-electron chi connectivity index (χ1n) is 9.00. The van der Waals surface area contributed by atoms with Crippen LogP contribution in [0.5, 0.6) is 5.75 Å². The van der Waals surface area contributed by atoms with E-state index in [4.69, 9.17) is 4.74 Å². The number of hydrazone groups is 1. The van der Waals surface area contributed by atoms with E-state index >= 15 is 0 Å². The molecule has 0 bridgehead atoms. The van der Waals surface area contributed by atoms with Gasteiger partial charge in [0.2, 0.25) is 11.0 Å². The third-order valence-corrected chi connectivity index (χ3v) is 5.52. The lowest BCUT2D eigenvalue weighted by Crippen LogP contribution is -2.03. The van der Waals surface area contributed by atoms with Gasteiger partial charge in [0.1, 0.15) is 16.1 Å². The van der Waals surface area contributed by atoms with Crippen molar-refractivity contribution in [3.05, 3.63) is 54.1 Å². The van der Waals surface area contributed by atoms with Crippen molar-refractivity contribution in [1.82, 2.24) is 9.55 Å². The third-order valence-electron chi connectivity index (χ3n) is 4.57. The largest absolute Gasteiger partial charge is 0.497 e. The minimum absolute atomic E-state index is 0.0302. The summed E-state index contributed by atoms with van der Waals surface area (Å²) in [6.45, 7) is 3.62. The molecule has 0 radical (unpaired) electrons. The van der Waals surface area contributed by atoms with Gasteiger partial charge in [-0.3, -0.25) is 14.8 Å². The minimum atomic E-state index is -0.0302. The number of thiazole rings is 1. The molecule has 6 nitrogen and oxygen atoms in total. The first kappa shape index (κ1) is 18.2. The molecule has 2 aromatic carbocycles. The summed E-state index contributed by atoms with van der Waals surface area (Å²) >= 11 is 1.42. The highest BCUT2D eigenvalue weighted by Gasteiger charge is 2.17. The number of para-hydroxylation sites is 1. The van der Waals surface area contributed by atoms with Crippen molar-refractivity contribution in [2.24, 2.45) is 5.10 Å². The maximum atomic E-state index is 12.2. The van der Waals surface area contributed by atoms with E-state index in [9.17, 15) is 4.79 Å². The number of carbonyl (C=O) groups is 1. The molecule has 142 valence electrons. The molecule has 0 spiro atoms. The van der Waals surface area contributed by atoms with E-state index < -0.39 is 0 Å². The van der Waals surface area contributed by atoms with Crippen molar-refractivity contribution in [2.75, 3.05) is 12.5 Å². The standard InChI is InChI=1S/C21H20N4O2S/c1-4-17(14-9-11-15(27-3)12-10-14)23-24-21-22-19-16-7-5-6-8-18(16)25(13(2)26)20(19)28-21/h5-12H,4H2,1-3H3,(H,22,24)/b23-17-. The molecular formula is C21H20N4O2S. The van der Waals surface area contributed by atoms with Gasteiger partial charge in [-0.2, -0.15) is 5.10 Å². The van der Waals surface area contributed by atoms with Gasteiger partial charge in [-0.15, -0.1) is 0 Å². The average Bonchev–Trinajstić information content (AvgIpc) is 3.25. The van der Waals surface area contributed by atoms with Crippen LogP contribution in [0.4, 0.5) is 5.13 Å². The number of hydrogen-bond acceptors (Lipinski definition) is 6.